The molecule has 2 aromatic carbocycles. The van der Waals surface area contributed by atoms with Crippen molar-refractivity contribution in [3.8, 4) is 0 Å². The summed E-state index contributed by atoms with van der Waals surface area (Å²) >= 11 is 0. The van der Waals surface area contributed by atoms with Crippen molar-refractivity contribution < 1.29 is 38.2 Å². The van der Waals surface area contributed by atoms with Gasteiger partial charge in [-0.2, -0.15) is 0 Å². The van der Waals surface area contributed by atoms with Crippen molar-refractivity contribution >= 4 is 51.8 Å². The SMILES string of the molecule is CCCC(=O)C1(C(=O)C[C@@H](CCCN)C(=O)Nc2ccc(COC(=O)N3CCN(c4cc5c(cc4F)c(=O)c(C(=O)O)cn5CC)CC3)cc2)CCC1. The fourth-order valence-electron chi connectivity index (χ4n) is 7.17. The zero-order valence-corrected chi connectivity index (χ0v) is 30.3. The number of hydrogen-bond donors (Lipinski definition) is 3. The number of nitrogens with zero attached hydrogens (tertiary/aromatic N) is 3. The van der Waals surface area contributed by atoms with Gasteiger partial charge in [-0.25, -0.2) is 14.0 Å². The Bertz CT molecular complexity index is 1920. The van der Waals surface area contributed by atoms with Crippen LogP contribution in [0.1, 0.15) is 81.1 Å². The molecule has 1 aliphatic heterocycles. The summed E-state index contributed by atoms with van der Waals surface area (Å²) in [6, 6.07) is 9.46. The van der Waals surface area contributed by atoms with Gasteiger partial charge >= 0.3 is 12.1 Å². The number of carboxylic acid groups (broad SMARTS) is 1. The Morgan fingerprint density at radius 3 is 2.30 bits per heavy atom. The van der Waals surface area contributed by atoms with Crippen LogP contribution >= 0.6 is 0 Å². The third kappa shape index (κ3) is 8.59. The summed E-state index contributed by atoms with van der Waals surface area (Å²) in [4.78, 5) is 79.9. The number of ether oxygens (including phenoxy) is 1. The number of hydrogen-bond acceptors (Lipinski definition) is 9. The predicted octanol–water partition coefficient (Wildman–Crippen LogP) is 5.11. The molecule has 2 fully saturated rings. The summed E-state index contributed by atoms with van der Waals surface area (Å²) in [5, 5.41) is 12.3. The van der Waals surface area contributed by atoms with Crippen molar-refractivity contribution in [3.63, 3.8) is 0 Å². The summed E-state index contributed by atoms with van der Waals surface area (Å²) in [6.07, 6.45) is 4.70. The highest BCUT2D eigenvalue weighted by atomic mass is 19.1. The smallest absolute Gasteiger partial charge is 0.410 e. The maximum absolute atomic E-state index is 15.3. The van der Waals surface area contributed by atoms with Crippen LogP contribution in [-0.4, -0.2) is 76.8 Å². The standard InChI is InChI=1S/C39H48FN5O8/c1-3-7-33(46)39(13-6-14-39)34(47)20-26(8-5-15-41)36(49)42-27-11-9-25(10-12-27)24-53-38(52)45-18-16-44(17-19-45)32-22-31-28(21-30(32)40)35(48)29(37(50)51)23-43(31)4-2/h9-12,21-23,26H,3-8,13-20,24,41H2,1-2H3,(H,42,49)(H,50,51)/t26-/m1/s1. The summed E-state index contributed by atoms with van der Waals surface area (Å²) < 4.78 is 22.4. The number of carbonyl (C=O) groups excluding carboxylic acids is 4. The number of aromatic carboxylic acids is 1. The van der Waals surface area contributed by atoms with Gasteiger partial charge in [0.1, 0.15) is 29.6 Å². The number of carboxylic acids is 1. The lowest BCUT2D eigenvalue weighted by atomic mass is 9.61. The number of rotatable bonds is 16. The van der Waals surface area contributed by atoms with Crippen LogP contribution in [0.5, 0.6) is 0 Å². The van der Waals surface area contributed by atoms with Gasteiger partial charge in [0.2, 0.25) is 11.3 Å². The maximum Gasteiger partial charge on any atom is 0.410 e. The Kier molecular flexibility index (Phi) is 12.7. The number of anilines is 2. The number of halogens is 1. The van der Waals surface area contributed by atoms with E-state index < -0.39 is 40.2 Å². The third-order valence-corrected chi connectivity index (χ3v) is 10.5. The molecule has 284 valence electrons. The average Bonchev–Trinajstić information content (AvgIpc) is 3.12. The van der Waals surface area contributed by atoms with Crippen molar-refractivity contribution in [3.05, 3.63) is 69.8 Å². The van der Waals surface area contributed by atoms with Gasteiger partial charge in [0.25, 0.3) is 0 Å². The molecule has 4 N–H and O–H groups in total. The molecule has 2 aliphatic rings. The number of aryl methyl sites for hydroxylation is 1. The van der Waals surface area contributed by atoms with E-state index >= 15 is 4.39 Å². The van der Waals surface area contributed by atoms with Gasteiger partial charge in [-0.1, -0.05) is 25.5 Å². The van der Waals surface area contributed by atoms with Crippen LogP contribution in [0.4, 0.5) is 20.6 Å². The first-order valence-electron chi connectivity index (χ1n) is 18.4. The lowest BCUT2D eigenvalue weighted by molar-refractivity contribution is -0.148. The molecule has 0 spiro atoms. The van der Waals surface area contributed by atoms with E-state index in [0.29, 0.717) is 81.5 Å². The number of piperazine rings is 1. The summed E-state index contributed by atoms with van der Waals surface area (Å²) in [5.41, 5.74) is 5.48. The molecule has 0 radical (unpaired) electrons. The van der Waals surface area contributed by atoms with Gasteiger partial charge in [-0.15, -0.1) is 0 Å². The lowest BCUT2D eigenvalue weighted by Gasteiger charge is -2.39. The van der Waals surface area contributed by atoms with Gasteiger partial charge in [0.05, 0.1) is 16.6 Å². The Balaban J connectivity index is 1.14. The van der Waals surface area contributed by atoms with E-state index in [1.54, 1.807) is 46.7 Å². The highest BCUT2D eigenvalue weighted by Crippen LogP contribution is 2.45. The van der Waals surface area contributed by atoms with Crippen molar-refractivity contribution in [2.45, 2.75) is 78.4 Å². The molecule has 1 saturated carbocycles. The molecule has 1 atom stereocenters. The molecular formula is C39H48FN5O8. The molecule has 1 aliphatic carbocycles. The second-order valence-corrected chi connectivity index (χ2v) is 13.9. The van der Waals surface area contributed by atoms with E-state index in [1.165, 1.54) is 11.1 Å². The van der Waals surface area contributed by atoms with Crippen molar-refractivity contribution in [2.75, 3.05) is 42.9 Å². The molecule has 53 heavy (non-hydrogen) atoms. The van der Waals surface area contributed by atoms with Gasteiger partial charge in [-0.05, 0) is 75.4 Å². The fraction of sp³-hybridized carbons (Fsp3) is 0.487. The van der Waals surface area contributed by atoms with Gasteiger partial charge in [0, 0.05) is 68.8 Å². The molecule has 0 unspecified atom stereocenters. The highest BCUT2D eigenvalue weighted by molar-refractivity contribution is 6.09. The molecule has 13 nitrogen and oxygen atoms in total. The topological polar surface area (TPSA) is 181 Å². The van der Waals surface area contributed by atoms with Crippen LogP contribution in [0.25, 0.3) is 10.9 Å². The number of fused-ring (bicyclic) bond motifs is 1. The minimum absolute atomic E-state index is 0.00271. The summed E-state index contributed by atoms with van der Waals surface area (Å²) in [6.45, 7) is 5.61. The van der Waals surface area contributed by atoms with E-state index in [9.17, 15) is 33.9 Å². The Morgan fingerprint density at radius 2 is 1.72 bits per heavy atom. The molecular weight excluding hydrogens is 685 g/mol. The van der Waals surface area contributed by atoms with Crippen LogP contribution in [-0.2, 0) is 32.3 Å². The Hall–Kier alpha value is -5.11. The summed E-state index contributed by atoms with van der Waals surface area (Å²) in [7, 11) is 0. The van der Waals surface area contributed by atoms with E-state index in [-0.39, 0.29) is 54.7 Å². The molecule has 14 heteroatoms. The number of benzene rings is 2. The van der Waals surface area contributed by atoms with Crippen LogP contribution in [0, 0.1) is 17.2 Å². The number of Topliss-reactive ketones (excluding diaryl/α,β-unsaturated/α-hetero) is 2. The number of nitrogens with one attached hydrogen (secondary N) is 1. The first-order valence-corrected chi connectivity index (χ1v) is 18.4. The molecule has 2 amide bonds. The first-order chi connectivity index (χ1) is 25.4. The Morgan fingerprint density at radius 1 is 1.02 bits per heavy atom. The third-order valence-electron chi connectivity index (χ3n) is 10.5. The minimum atomic E-state index is -1.37. The number of ketones is 2. The number of carbonyl (C=O) groups is 5. The zero-order valence-electron chi connectivity index (χ0n) is 30.3. The average molecular weight is 734 g/mol. The molecule has 1 saturated heterocycles. The van der Waals surface area contributed by atoms with E-state index in [0.717, 1.165) is 12.5 Å². The first kappa shape index (κ1) is 39.1. The number of amides is 2. The molecule has 1 aromatic heterocycles. The van der Waals surface area contributed by atoms with Gasteiger partial charge < -0.3 is 35.3 Å². The van der Waals surface area contributed by atoms with Crippen LogP contribution in [0.3, 0.4) is 0 Å². The van der Waals surface area contributed by atoms with Crippen molar-refractivity contribution in [1.82, 2.24) is 9.47 Å². The molecule has 0 bridgehead atoms. The van der Waals surface area contributed by atoms with E-state index in [4.69, 9.17) is 10.5 Å². The second kappa shape index (κ2) is 17.1. The quantitative estimate of drug-likeness (QED) is 0.167. The summed E-state index contributed by atoms with van der Waals surface area (Å²) in [5.74, 6) is -3.12. The largest absolute Gasteiger partial charge is 0.477 e. The van der Waals surface area contributed by atoms with Crippen molar-refractivity contribution in [2.24, 2.45) is 17.1 Å². The van der Waals surface area contributed by atoms with E-state index in [2.05, 4.69) is 5.32 Å². The monoisotopic (exact) mass is 733 g/mol. The van der Waals surface area contributed by atoms with Crippen LogP contribution in [0.2, 0.25) is 0 Å². The maximum atomic E-state index is 15.3. The highest BCUT2D eigenvalue weighted by Gasteiger charge is 2.49. The fourth-order valence-corrected chi connectivity index (χ4v) is 7.17. The van der Waals surface area contributed by atoms with Crippen LogP contribution < -0.4 is 21.4 Å². The molecule has 5 rings (SSSR count). The minimum Gasteiger partial charge on any atom is -0.477 e. The van der Waals surface area contributed by atoms with Crippen LogP contribution in [0.15, 0.2) is 47.4 Å². The van der Waals surface area contributed by atoms with Crippen molar-refractivity contribution in [1.29, 1.82) is 0 Å². The number of aromatic nitrogens is 1. The van der Waals surface area contributed by atoms with Gasteiger partial charge in [-0.3, -0.25) is 19.2 Å². The lowest BCUT2D eigenvalue weighted by Crippen LogP contribution is -2.49. The second-order valence-electron chi connectivity index (χ2n) is 13.9. The normalized spacial score (nSPS) is 15.8. The Labute approximate surface area is 307 Å². The number of pyridine rings is 1. The molecule has 2 heterocycles. The number of nitrogens with two attached hydrogens (primary N) is 1. The van der Waals surface area contributed by atoms with E-state index in [1.807, 2.05) is 6.92 Å². The zero-order chi connectivity index (χ0) is 38.3. The van der Waals surface area contributed by atoms with Gasteiger partial charge in [0.15, 0.2) is 0 Å². The molecule has 3 aromatic rings. The predicted molar refractivity (Wildman–Crippen MR) is 197 cm³/mol.